The summed E-state index contributed by atoms with van der Waals surface area (Å²) in [5.41, 5.74) is 1.70. The molecule has 0 aliphatic rings. The molecule has 0 saturated heterocycles. The zero-order chi connectivity index (χ0) is 36.9. The van der Waals surface area contributed by atoms with Gasteiger partial charge < -0.3 is 35.0 Å². The minimum atomic E-state index is -2.83. The molecule has 3 amide bonds. The lowest BCUT2D eigenvalue weighted by Gasteiger charge is -2.42. The Labute approximate surface area is 293 Å². The van der Waals surface area contributed by atoms with Gasteiger partial charge in [-0.05, 0) is 60.2 Å². The highest BCUT2D eigenvalue weighted by Crippen LogP contribution is 2.48. The quantitative estimate of drug-likeness (QED) is 0.0749. The Bertz CT molecular complexity index is 1360. The van der Waals surface area contributed by atoms with Crippen LogP contribution in [0.1, 0.15) is 58.1 Å². The summed E-state index contributed by atoms with van der Waals surface area (Å²) in [6.07, 6.45) is -0.263. The Morgan fingerprint density at radius 2 is 1.02 bits per heavy atom. The Hall–Kier alpha value is -3.53. The summed E-state index contributed by atoms with van der Waals surface area (Å²) in [4.78, 5) is 74.9. The van der Waals surface area contributed by atoms with Gasteiger partial charge in [0.15, 0.2) is 16.6 Å². The van der Waals surface area contributed by atoms with Crippen molar-refractivity contribution in [3.8, 4) is 0 Å². The summed E-state index contributed by atoms with van der Waals surface area (Å²) < 4.78 is 10.6. The second kappa shape index (κ2) is 18.5. The zero-order valence-corrected chi connectivity index (χ0v) is 32.4. The molecule has 5 N–H and O–H groups in total. The van der Waals surface area contributed by atoms with Crippen molar-refractivity contribution < 1.29 is 38.2 Å². The standard InChI is InChI=1S/C36H57N3O8Si2/c1-35(2,48(5,6)44)23-29(32(41)37-20-19-31(40)46-25-27-15-11-9-12-16-27)30(24-36(3,4)49(7,8)45)33(42)38-21-22-39-34(43)47-26-28-17-13-10-14-18-28/h9-18,29-30,44-45H,19-26H2,1-8H3,(H,37,41)(H,38,42)(H,39,43)/t29-,30+/m0/s1. The maximum absolute atomic E-state index is 14.0. The lowest BCUT2D eigenvalue weighted by Crippen LogP contribution is -2.50. The lowest BCUT2D eigenvalue weighted by molar-refractivity contribution is -0.145. The molecule has 2 aromatic rings. The predicted octanol–water partition coefficient (Wildman–Crippen LogP) is 5.25. The van der Waals surface area contributed by atoms with Crippen molar-refractivity contribution in [3.63, 3.8) is 0 Å². The molecule has 13 heteroatoms. The van der Waals surface area contributed by atoms with Crippen LogP contribution in [-0.2, 0) is 37.1 Å². The summed E-state index contributed by atoms with van der Waals surface area (Å²) in [5, 5.41) is 7.02. The van der Waals surface area contributed by atoms with Gasteiger partial charge >= 0.3 is 12.1 Å². The molecular formula is C36H57N3O8Si2. The van der Waals surface area contributed by atoms with Crippen LogP contribution in [-0.4, -0.2) is 69.7 Å². The van der Waals surface area contributed by atoms with Crippen molar-refractivity contribution in [3.05, 3.63) is 71.8 Å². The van der Waals surface area contributed by atoms with E-state index < -0.39 is 62.4 Å². The van der Waals surface area contributed by atoms with Crippen molar-refractivity contribution >= 4 is 40.5 Å². The van der Waals surface area contributed by atoms with E-state index >= 15 is 0 Å². The fraction of sp³-hybridized carbons (Fsp3) is 0.556. The van der Waals surface area contributed by atoms with E-state index in [1.54, 1.807) is 26.2 Å². The average molecular weight is 716 g/mol. The third kappa shape index (κ3) is 14.1. The number of alkyl carbamates (subject to hydrolysis) is 1. The molecular weight excluding hydrogens is 659 g/mol. The van der Waals surface area contributed by atoms with Gasteiger partial charge in [0.1, 0.15) is 13.2 Å². The molecule has 49 heavy (non-hydrogen) atoms. The summed E-state index contributed by atoms with van der Waals surface area (Å²) in [7, 11) is -5.65. The first-order valence-electron chi connectivity index (χ1n) is 16.9. The number of esters is 1. The Kier molecular flexibility index (Phi) is 15.7. The van der Waals surface area contributed by atoms with Crippen LogP contribution in [0.5, 0.6) is 0 Å². The minimum absolute atomic E-state index is 0.0102. The van der Waals surface area contributed by atoms with Crippen LogP contribution in [0.15, 0.2) is 60.7 Å². The second-order valence-corrected chi connectivity index (χ2v) is 23.9. The van der Waals surface area contributed by atoms with E-state index in [2.05, 4.69) is 16.0 Å². The monoisotopic (exact) mass is 715 g/mol. The van der Waals surface area contributed by atoms with Gasteiger partial charge in [-0.3, -0.25) is 14.4 Å². The van der Waals surface area contributed by atoms with E-state index in [0.717, 1.165) is 11.1 Å². The first-order chi connectivity index (χ1) is 22.7. The van der Waals surface area contributed by atoms with E-state index in [1.165, 1.54) is 0 Å². The zero-order valence-electron chi connectivity index (χ0n) is 30.4. The molecule has 0 heterocycles. The van der Waals surface area contributed by atoms with E-state index in [0.29, 0.717) is 0 Å². The highest BCUT2D eigenvalue weighted by atomic mass is 28.4. The van der Waals surface area contributed by atoms with E-state index in [4.69, 9.17) is 9.47 Å². The number of hydrogen-bond acceptors (Lipinski definition) is 8. The first kappa shape index (κ1) is 41.6. The summed E-state index contributed by atoms with van der Waals surface area (Å²) in [6, 6.07) is 18.5. The molecule has 0 aliphatic heterocycles. The van der Waals surface area contributed by atoms with Gasteiger partial charge in [0.25, 0.3) is 0 Å². The molecule has 272 valence electrons. The van der Waals surface area contributed by atoms with E-state index in [9.17, 15) is 28.8 Å². The fourth-order valence-corrected chi connectivity index (χ4v) is 6.36. The van der Waals surface area contributed by atoms with Crippen LogP contribution in [0, 0.1) is 11.8 Å². The molecule has 0 aromatic heterocycles. The molecule has 2 rings (SSSR count). The van der Waals surface area contributed by atoms with Gasteiger partial charge in [0.05, 0.1) is 6.42 Å². The molecule has 0 spiro atoms. The third-order valence-electron chi connectivity index (χ3n) is 9.71. The molecule has 0 aliphatic carbocycles. The van der Waals surface area contributed by atoms with Gasteiger partial charge in [-0.25, -0.2) is 4.79 Å². The number of nitrogens with one attached hydrogen (secondary N) is 3. The van der Waals surface area contributed by atoms with Crippen molar-refractivity contribution in [1.29, 1.82) is 0 Å². The summed E-state index contributed by atoms with van der Waals surface area (Å²) in [6.45, 7) is 15.2. The molecule has 0 saturated carbocycles. The Morgan fingerprint density at radius 1 is 0.633 bits per heavy atom. The normalized spacial score (nSPS) is 13.5. The molecule has 0 unspecified atom stereocenters. The highest BCUT2D eigenvalue weighted by molar-refractivity contribution is 6.73. The summed E-state index contributed by atoms with van der Waals surface area (Å²) >= 11 is 0. The maximum atomic E-state index is 14.0. The summed E-state index contributed by atoms with van der Waals surface area (Å²) in [5.74, 6) is -3.05. The topological polar surface area (TPSA) is 163 Å². The van der Waals surface area contributed by atoms with Crippen LogP contribution in [0.3, 0.4) is 0 Å². The van der Waals surface area contributed by atoms with Gasteiger partial charge in [0.2, 0.25) is 11.8 Å². The lowest BCUT2D eigenvalue weighted by atomic mass is 9.78. The highest BCUT2D eigenvalue weighted by Gasteiger charge is 2.48. The number of hydrogen-bond donors (Lipinski definition) is 5. The SMILES string of the molecule is CC(C)(C[C@H](C(=O)NCCC(=O)OCc1ccccc1)[C@@H](CC(C)(C)[Si](C)(C)O)C(=O)NCCNC(=O)OCc1ccccc1)[Si](C)(C)O. The fourth-order valence-electron chi connectivity index (χ4n) is 4.92. The molecule has 11 nitrogen and oxygen atoms in total. The van der Waals surface area contributed by atoms with Crippen LogP contribution in [0.25, 0.3) is 0 Å². The van der Waals surface area contributed by atoms with Gasteiger partial charge in [0, 0.05) is 31.5 Å². The molecule has 0 radical (unpaired) electrons. The Morgan fingerprint density at radius 3 is 1.45 bits per heavy atom. The van der Waals surface area contributed by atoms with Gasteiger partial charge in [-0.2, -0.15) is 0 Å². The number of carbonyl (C=O) groups excluding carboxylic acids is 4. The minimum Gasteiger partial charge on any atom is -0.461 e. The van der Waals surface area contributed by atoms with Crippen molar-refractivity contribution in [2.45, 2.75) is 96.4 Å². The van der Waals surface area contributed by atoms with Gasteiger partial charge in [-0.15, -0.1) is 0 Å². The van der Waals surface area contributed by atoms with Gasteiger partial charge in [-0.1, -0.05) is 88.4 Å². The molecule has 0 bridgehead atoms. The van der Waals surface area contributed by atoms with Crippen LogP contribution in [0.4, 0.5) is 4.79 Å². The van der Waals surface area contributed by atoms with Crippen LogP contribution < -0.4 is 16.0 Å². The molecule has 2 aromatic carbocycles. The largest absolute Gasteiger partial charge is 0.461 e. The molecule has 0 fully saturated rings. The van der Waals surface area contributed by atoms with Crippen LogP contribution >= 0.6 is 0 Å². The van der Waals surface area contributed by atoms with Crippen molar-refractivity contribution in [2.24, 2.45) is 11.8 Å². The van der Waals surface area contributed by atoms with E-state index in [1.807, 2.05) is 88.4 Å². The number of rotatable bonds is 19. The van der Waals surface area contributed by atoms with Crippen LogP contribution in [0.2, 0.25) is 36.3 Å². The number of carbonyl (C=O) groups is 4. The Balaban J connectivity index is 2.18. The number of amides is 3. The smallest absolute Gasteiger partial charge is 0.407 e. The number of ether oxygens (including phenoxy) is 2. The van der Waals surface area contributed by atoms with Crippen molar-refractivity contribution in [1.82, 2.24) is 16.0 Å². The first-order valence-corrected chi connectivity index (χ1v) is 22.8. The van der Waals surface area contributed by atoms with Crippen molar-refractivity contribution in [2.75, 3.05) is 19.6 Å². The predicted molar refractivity (Wildman–Crippen MR) is 195 cm³/mol. The maximum Gasteiger partial charge on any atom is 0.407 e. The second-order valence-electron chi connectivity index (χ2n) is 15.0. The number of benzene rings is 2. The van der Waals surface area contributed by atoms with E-state index in [-0.39, 0.29) is 52.1 Å². The third-order valence-corrected chi connectivity index (χ3v) is 16.7. The average Bonchev–Trinajstić information content (AvgIpc) is 3.02. The molecule has 2 atom stereocenters.